The molecule has 0 aliphatic heterocycles. The van der Waals surface area contributed by atoms with E-state index in [9.17, 15) is 9.90 Å². The fourth-order valence-corrected chi connectivity index (χ4v) is 2.57. The van der Waals surface area contributed by atoms with Crippen LogP contribution in [0, 0.1) is 5.41 Å². The van der Waals surface area contributed by atoms with Gasteiger partial charge in [-0.3, -0.25) is 0 Å². The van der Waals surface area contributed by atoms with Crippen LogP contribution >= 0.6 is 0 Å². The average molecular weight is 249 g/mol. The monoisotopic (exact) mass is 249 g/mol. The lowest BCUT2D eigenvalue weighted by atomic mass is 9.87. The van der Waals surface area contributed by atoms with Crippen molar-refractivity contribution >= 4 is 11.7 Å². The first-order valence-corrected chi connectivity index (χ1v) is 6.33. The van der Waals surface area contributed by atoms with Gasteiger partial charge in [0.15, 0.2) is 0 Å². The van der Waals surface area contributed by atoms with Gasteiger partial charge in [-0.15, -0.1) is 0 Å². The van der Waals surface area contributed by atoms with E-state index in [-0.39, 0.29) is 17.6 Å². The molecule has 1 fully saturated rings. The van der Waals surface area contributed by atoms with Crippen molar-refractivity contribution < 1.29 is 15.0 Å². The average Bonchev–Trinajstić information content (AvgIpc) is 2.86. The van der Waals surface area contributed by atoms with Gasteiger partial charge in [0.05, 0.1) is 12.2 Å². The lowest BCUT2D eigenvalue weighted by Gasteiger charge is -2.27. The second-order valence-corrected chi connectivity index (χ2v) is 5.10. The van der Waals surface area contributed by atoms with Gasteiger partial charge in [-0.1, -0.05) is 18.9 Å². The Balaban J connectivity index is 2.01. The summed E-state index contributed by atoms with van der Waals surface area (Å²) in [4.78, 5) is 10.9. The number of carboxylic acid groups (broad SMARTS) is 1. The minimum atomic E-state index is -0.920. The summed E-state index contributed by atoms with van der Waals surface area (Å²) in [7, 11) is 0. The summed E-state index contributed by atoms with van der Waals surface area (Å²) >= 11 is 0. The summed E-state index contributed by atoms with van der Waals surface area (Å²) in [5, 5.41) is 21.7. The first-order valence-electron chi connectivity index (χ1n) is 6.33. The molecule has 98 valence electrons. The number of anilines is 1. The third-order valence-electron chi connectivity index (χ3n) is 3.78. The number of carbonyl (C=O) groups is 1. The highest BCUT2D eigenvalue weighted by Gasteiger charge is 2.32. The fourth-order valence-electron chi connectivity index (χ4n) is 2.57. The van der Waals surface area contributed by atoms with E-state index < -0.39 is 5.97 Å². The van der Waals surface area contributed by atoms with Crippen molar-refractivity contribution in [3.63, 3.8) is 0 Å². The highest BCUT2D eigenvalue weighted by atomic mass is 16.4. The number of aliphatic hydroxyl groups is 1. The lowest BCUT2D eigenvalue weighted by Crippen LogP contribution is -2.30. The van der Waals surface area contributed by atoms with Gasteiger partial charge in [0.2, 0.25) is 0 Å². The van der Waals surface area contributed by atoms with Gasteiger partial charge in [-0.05, 0) is 31.0 Å². The lowest BCUT2D eigenvalue weighted by molar-refractivity contribution is 0.0697. The number of aromatic carboxylic acids is 1. The van der Waals surface area contributed by atoms with Crippen molar-refractivity contribution in [1.29, 1.82) is 0 Å². The van der Waals surface area contributed by atoms with Gasteiger partial charge in [0.1, 0.15) is 0 Å². The standard InChI is InChI=1S/C14H19NO3/c16-10-14(6-1-2-7-14)9-15-12-5-3-4-11(8-12)13(17)18/h3-5,8,15-16H,1-2,6-7,9-10H2,(H,17,18). The second kappa shape index (κ2) is 5.40. The van der Waals surface area contributed by atoms with Crippen molar-refractivity contribution in [2.45, 2.75) is 25.7 Å². The maximum Gasteiger partial charge on any atom is 0.335 e. The number of benzene rings is 1. The molecule has 0 atom stereocenters. The number of aliphatic hydroxyl groups excluding tert-OH is 1. The van der Waals surface area contributed by atoms with E-state index in [1.807, 2.05) is 6.07 Å². The highest BCUT2D eigenvalue weighted by Crippen LogP contribution is 2.37. The summed E-state index contributed by atoms with van der Waals surface area (Å²) < 4.78 is 0. The minimum absolute atomic E-state index is 0.0285. The van der Waals surface area contributed by atoms with Crippen LogP contribution in [-0.4, -0.2) is 29.3 Å². The molecule has 0 saturated heterocycles. The quantitative estimate of drug-likeness (QED) is 0.749. The van der Waals surface area contributed by atoms with E-state index in [2.05, 4.69) is 5.32 Å². The van der Waals surface area contributed by atoms with Crippen LogP contribution in [0.3, 0.4) is 0 Å². The molecule has 0 radical (unpaired) electrons. The number of rotatable bonds is 5. The van der Waals surface area contributed by atoms with Crippen LogP contribution in [0.4, 0.5) is 5.69 Å². The third kappa shape index (κ3) is 2.82. The van der Waals surface area contributed by atoms with Crippen LogP contribution in [0.25, 0.3) is 0 Å². The molecular weight excluding hydrogens is 230 g/mol. The van der Waals surface area contributed by atoms with E-state index in [0.29, 0.717) is 6.54 Å². The Hall–Kier alpha value is -1.55. The van der Waals surface area contributed by atoms with Crippen molar-refractivity contribution in [3.05, 3.63) is 29.8 Å². The smallest absolute Gasteiger partial charge is 0.335 e. The molecule has 1 aliphatic carbocycles. The normalized spacial score (nSPS) is 17.6. The first-order chi connectivity index (χ1) is 8.65. The molecule has 0 heterocycles. The van der Waals surface area contributed by atoms with Gasteiger partial charge in [0.25, 0.3) is 0 Å². The maximum absolute atomic E-state index is 10.9. The molecule has 3 N–H and O–H groups in total. The molecule has 1 aromatic rings. The van der Waals surface area contributed by atoms with E-state index in [1.165, 1.54) is 0 Å². The van der Waals surface area contributed by atoms with Gasteiger partial charge in [-0.25, -0.2) is 4.79 Å². The van der Waals surface area contributed by atoms with Crippen LogP contribution in [0.1, 0.15) is 36.0 Å². The van der Waals surface area contributed by atoms with Gasteiger partial charge < -0.3 is 15.5 Å². The van der Waals surface area contributed by atoms with Gasteiger partial charge >= 0.3 is 5.97 Å². The Morgan fingerprint density at radius 3 is 2.67 bits per heavy atom. The minimum Gasteiger partial charge on any atom is -0.478 e. The van der Waals surface area contributed by atoms with Crippen molar-refractivity contribution in [1.82, 2.24) is 0 Å². The maximum atomic E-state index is 10.9. The predicted octanol–water partition coefficient (Wildman–Crippen LogP) is 2.35. The summed E-state index contributed by atoms with van der Waals surface area (Å²) in [6.07, 6.45) is 4.40. The Bertz CT molecular complexity index is 425. The van der Waals surface area contributed by atoms with E-state index in [1.54, 1.807) is 18.2 Å². The number of nitrogens with one attached hydrogen (secondary N) is 1. The summed E-state index contributed by atoms with van der Waals surface area (Å²) in [5.74, 6) is -0.920. The molecular formula is C14H19NO3. The largest absolute Gasteiger partial charge is 0.478 e. The first kappa shape index (κ1) is 12.9. The Morgan fingerprint density at radius 1 is 1.33 bits per heavy atom. The molecule has 4 nitrogen and oxygen atoms in total. The predicted molar refractivity (Wildman–Crippen MR) is 69.9 cm³/mol. The van der Waals surface area contributed by atoms with Gasteiger partial charge in [-0.2, -0.15) is 0 Å². The summed E-state index contributed by atoms with van der Waals surface area (Å²) in [5.41, 5.74) is 1.05. The molecule has 18 heavy (non-hydrogen) atoms. The van der Waals surface area contributed by atoms with Gasteiger partial charge in [0, 0.05) is 17.6 Å². The molecule has 1 aromatic carbocycles. The van der Waals surface area contributed by atoms with Crippen LogP contribution in [0.5, 0.6) is 0 Å². The second-order valence-electron chi connectivity index (χ2n) is 5.10. The molecule has 1 saturated carbocycles. The topological polar surface area (TPSA) is 69.6 Å². The van der Waals surface area contributed by atoms with Crippen molar-refractivity contribution in [3.8, 4) is 0 Å². The molecule has 0 aromatic heterocycles. The molecule has 0 spiro atoms. The summed E-state index contributed by atoms with van der Waals surface area (Å²) in [6, 6.07) is 6.78. The zero-order chi connectivity index (χ0) is 13.0. The van der Waals surface area contributed by atoms with Crippen molar-refractivity contribution in [2.75, 3.05) is 18.5 Å². The number of hydrogen-bond donors (Lipinski definition) is 3. The molecule has 0 unspecified atom stereocenters. The SMILES string of the molecule is O=C(O)c1cccc(NCC2(CO)CCCC2)c1. The van der Waals surface area contributed by atoms with E-state index in [0.717, 1.165) is 31.4 Å². The molecule has 0 bridgehead atoms. The van der Waals surface area contributed by atoms with Crippen molar-refractivity contribution in [2.24, 2.45) is 5.41 Å². The molecule has 4 heteroatoms. The zero-order valence-electron chi connectivity index (χ0n) is 10.4. The zero-order valence-corrected chi connectivity index (χ0v) is 10.4. The molecule has 2 rings (SSSR count). The van der Waals surface area contributed by atoms with Crippen LogP contribution < -0.4 is 5.32 Å². The van der Waals surface area contributed by atoms with E-state index in [4.69, 9.17) is 5.11 Å². The number of hydrogen-bond acceptors (Lipinski definition) is 3. The summed E-state index contributed by atoms with van der Waals surface area (Å²) in [6.45, 7) is 0.894. The molecule has 0 amide bonds. The Morgan fingerprint density at radius 2 is 2.06 bits per heavy atom. The molecule has 1 aliphatic rings. The highest BCUT2D eigenvalue weighted by molar-refractivity contribution is 5.88. The number of carboxylic acids is 1. The van der Waals surface area contributed by atoms with Crippen LogP contribution in [-0.2, 0) is 0 Å². The van der Waals surface area contributed by atoms with Crippen LogP contribution in [0.15, 0.2) is 24.3 Å². The Labute approximate surface area is 107 Å². The Kier molecular flexibility index (Phi) is 3.87. The third-order valence-corrected chi connectivity index (χ3v) is 3.78. The fraction of sp³-hybridized carbons (Fsp3) is 0.500. The van der Waals surface area contributed by atoms with E-state index >= 15 is 0 Å². The van der Waals surface area contributed by atoms with Crippen LogP contribution in [0.2, 0.25) is 0 Å².